The predicted octanol–water partition coefficient (Wildman–Crippen LogP) is 6.49. The Morgan fingerprint density at radius 3 is 2.23 bits per heavy atom. The highest BCUT2D eigenvalue weighted by Crippen LogP contribution is 2.47. The van der Waals surface area contributed by atoms with Gasteiger partial charge >= 0.3 is 12.1 Å². The fourth-order valence-corrected chi connectivity index (χ4v) is 4.71. The smallest absolute Gasteiger partial charge is 0.416 e. The lowest BCUT2D eigenvalue weighted by Crippen LogP contribution is -2.30. The fourth-order valence-electron chi connectivity index (χ4n) is 4.71. The molecule has 39 heavy (non-hydrogen) atoms. The molecule has 1 unspecified atom stereocenters. The van der Waals surface area contributed by atoms with Crippen molar-refractivity contribution in [1.82, 2.24) is 0 Å². The zero-order valence-corrected chi connectivity index (χ0v) is 22.1. The van der Waals surface area contributed by atoms with Gasteiger partial charge in [0.1, 0.15) is 5.75 Å². The molecule has 0 aliphatic carbocycles. The Labute approximate surface area is 224 Å². The third kappa shape index (κ3) is 6.09. The molecule has 4 rings (SSSR count). The summed E-state index contributed by atoms with van der Waals surface area (Å²) in [5.74, 6) is -0.922. The zero-order valence-electron chi connectivity index (χ0n) is 22.1. The van der Waals surface area contributed by atoms with Crippen LogP contribution in [0.25, 0.3) is 22.3 Å². The van der Waals surface area contributed by atoms with Gasteiger partial charge in [-0.05, 0) is 91.8 Å². The van der Waals surface area contributed by atoms with Crippen molar-refractivity contribution < 1.29 is 37.0 Å². The van der Waals surface area contributed by atoms with Gasteiger partial charge < -0.3 is 19.9 Å². The number of carbonyl (C=O) groups is 2. The van der Waals surface area contributed by atoms with E-state index in [1.54, 1.807) is 51.1 Å². The minimum Gasteiger partial charge on any atom is -0.493 e. The number of carbonyl (C=O) groups excluding carboxylic acids is 2. The molecule has 6 nitrogen and oxygen atoms in total. The first-order chi connectivity index (χ1) is 18.3. The van der Waals surface area contributed by atoms with Crippen LogP contribution in [0.2, 0.25) is 0 Å². The first kappa shape index (κ1) is 28.2. The summed E-state index contributed by atoms with van der Waals surface area (Å²) in [6, 6.07) is 13.7. The maximum absolute atomic E-state index is 14.6. The summed E-state index contributed by atoms with van der Waals surface area (Å²) < 4.78 is 60.4. The van der Waals surface area contributed by atoms with E-state index in [1.807, 2.05) is 0 Å². The first-order valence-electron chi connectivity index (χ1n) is 12.5. The van der Waals surface area contributed by atoms with Crippen LogP contribution in [0.5, 0.6) is 5.75 Å². The van der Waals surface area contributed by atoms with Crippen molar-refractivity contribution in [3.05, 3.63) is 76.9 Å². The molecule has 0 aromatic heterocycles. The molecule has 0 fully saturated rings. The zero-order chi connectivity index (χ0) is 28.5. The number of hydrogen-bond donors (Lipinski definition) is 1. The second-order valence-electron chi connectivity index (χ2n) is 10.3. The van der Waals surface area contributed by atoms with E-state index in [9.17, 15) is 22.8 Å². The van der Waals surface area contributed by atoms with Crippen LogP contribution in [0.1, 0.15) is 60.3 Å². The molecule has 1 atom stereocenters. The van der Waals surface area contributed by atoms with Crippen molar-refractivity contribution in [2.24, 2.45) is 5.73 Å². The first-order valence-corrected chi connectivity index (χ1v) is 12.5. The van der Waals surface area contributed by atoms with Gasteiger partial charge in [0.2, 0.25) is 5.91 Å². The van der Waals surface area contributed by atoms with Crippen molar-refractivity contribution >= 4 is 11.9 Å². The van der Waals surface area contributed by atoms with Gasteiger partial charge in [-0.2, -0.15) is 13.2 Å². The number of primary amides is 1. The van der Waals surface area contributed by atoms with E-state index >= 15 is 0 Å². The van der Waals surface area contributed by atoms with Crippen molar-refractivity contribution in [1.29, 1.82) is 0 Å². The maximum Gasteiger partial charge on any atom is 0.416 e. The monoisotopic (exact) mass is 541 g/mol. The number of ether oxygens (including phenoxy) is 3. The Balaban J connectivity index is 2.10. The average molecular weight is 542 g/mol. The number of amides is 1. The highest BCUT2D eigenvalue weighted by atomic mass is 19.4. The minimum absolute atomic E-state index is 0.171. The van der Waals surface area contributed by atoms with Gasteiger partial charge in [-0.1, -0.05) is 24.3 Å². The number of alkyl halides is 3. The average Bonchev–Trinajstić information content (AvgIpc) is 2.89. The second-order valence-corrected chi connectivity index (χ2v) is 10.3. The van der Waals surface area contributed by atoms with Gasteiger partial charge in [-0.25, -0.2) is 4.79 Å². The van der Waals surface area contributed by atoms with Crippen LogP contribution in [-0.2, 0) is 26.9 Å². The SMILES string of the molecule is COC(=O)C(OC(C)(C)C)c1c(C(F)(F)F)ccc(-c2ccc(C(N)=O)cc2)c1-c1ccc2c(c1)CCCO2. The quantitative estimate of drug-likeness (QED) is 0.360. The summed E-state index contributed by atoms with van der Waals surface area (Å²) in [6.07, 6.45) is -5.02. The number of hydrogen-bond acceptors (Lipinski definition) is 5. The molecule has 3 aromatic carbocycles. The van der Waals surface area contributed by atoms with Gasteiger partial charge in [-0.3, -0.25) is 4.79 Å². The molecule has 1 aliphatic heterocycles. The number of nitrogens with two attached hydrogens (primary N) is 1. The van der Waals surface area contributed by atoms with Crippen LogP contribution in [0.4, 0.5) is 13.2 Å². The van der Waals surface area contributed by atoms with Gasteiger partial charge in [0.25, 0.3) is 0 Å². The van der Waals surface area contributed by atoms with Crippen molar-refractivity contribution in [3.8, 4) is 28.0 Å². The van der Waals surface area contributed by atoms with E-state index in [0.29, 0.717) is 35.5 Å². The molecule has 0 bridgehead atoms. The standard InChI is InChI=1S/C30H30F3NO5/c1-29(2,3)39-26(28(36)37-4)25-22(30(31,32)33)13-12-21(17-7-9-18(10-8-17)27(34)35)24(25)20-11-14-23-19(16-20)6-5-15-38-23/h7-14,16,26H,5-6,15H2,1-4H3,(H2,34,35). The number of fused-ring (bicyclic) bond motifs is 1. The van der Waals surface area contributed by atoms with Gasteiger partial charge in [0, 0.05) is 11.1 Å². The minimum atomic E-state index is -4.80. The Morgan fingerprint density at radius 1 is 0.974 bits per heavy atom. The molecule has 1 amide bonds. The van der Waals surface area contributed by atoms with Crippen LogP contribution >= 0.6 is 0 Å². The summed E-state index contributed by atoms with van der Waals surface area (Å²) >= 11 is 0. The van der Waals surface area contributed by atoms with E-state index in [-0.39, 0.29) is 16.7 Å². The van der Waals surface area contributed by atoms with E-state index in [1.165, 1.54) is 18.2 Å². The van der Waals surface area contributed by atoms with Gasteiger partial charge in [0.15, 0.2) is 6.10 Å². The Bertz CT molecular complexity index is 1390. The van der Waals surface area contributed by atoms with Crippen LogP contribution < -0.4 is 10.5 Å². The van der Waals surface area contributed by atoms with Crippen molar-refractivity contribution in [2.45, 2.75) is 51.5 Å². The number of esters is 1. The lowest BCUT2D eigenvalue weighted by molar-refractivity contribution is -0.166. The molecule has 3 aromatic rings. The van der Waals surface area contributed by atoms with E-state index in [0.717, 1.165) is 25.2 Å². The van der Waals surface area contributed by atoms with Crippen LogP contribution in [0.3, 0.4) is 0 Å². The van der Waals surface area contributed by atoms with Crippen molar-refractivity contribution in [3.63, 3.8) is 0 Å². The number of halogens is 3. The molecular formula is C30H30F3NO5. The molecule has 0 radical (unpaired) electrons. The molecule has 9 heteroatoms. The topological polar surface area (TPSA) is 87.9 Å². The number of aryl methyl sites for hydroxylation is 1. The lowest BCUT2D eigenvalue weighted by Gasteiger charge is -2.31. The highest BCUT2D eigenvalue weighted by molar-refractivity contribution is 5.95. The summed E-state index contributed by atoms with van der Waals surface area (Å²) in [5, 5.41) is 0. The summed E-state index contributed by atoms with van der Waals surface area (Å²) in [7, 11) is 1.11. The fraction of sp³-hybridized carbons (Fsp3) is 0.333. The van der Waals surface area contributed by atoms with Crippen molar-refractivity contribution in [2.75, 3.05) is 13.7 Å². The Hall–Kier alpha value is -3.85. The highest BCUT2D eigenvalue weighted by Gasteiger charge is 2.42. The third-order valence-electron chi connectivity index (χ3n) is 6.38. The number of methoxy groups -OCH3 is 1. The van der Waals surface area contributed by atoms with Gasteiger partial charge in [-0.15, -0.1) is 0 Å². The van der Waals surface area contributed by atoms with Crippen LogP contribution in [0.15, 0.2) is 54.6 Å². The van der Waals surface area contributed by atoms with E-state index in [4.69, 9.17) is 19.9 Å². The molecule has 1 aliphatic rings. The van der Waals surface area contributed by atoms with Gasteiger partial charge in [0.05, 0.1) is 24.9 Å². The largest absolute Gasteiger partial charge is 0.493 e. The Kier molecular flexibility index (Phi) is 7.75. The van der Waals surface area contributed by atoms with E-state index in [2.05, 4.69) is 0 Å². The number of rotatable bonds is 6. The van der Waals surface area contributed by atoms with E-state index < -0.39 is 35.3 Å². The van der Waals surface area contributed by atoms with Crippen LogP contribution in [-0.4, -0.2) is 31.2 Å². The normalized spacial score (nSPS) is 14.2. The Morgan fingerprint density at radius 2 is 1.64 bits per heavy atom. The molecular weight excluding hydrogens is 511 g/mol. The summed E-state index contributed by atoms with van der Waals surface area (Å²) in [6.45, 7) is 5.51. The summed E-state index contributed by atoms with van der Waals surface area (Å²) in [4.78, 5) is 24.7. The predicted molar refractivity (Wildman–Crippen MR) is 140 cm³/mol. The third-order valence-corrected chi connectivity index (χ3v) is 6.38. The molecule has 2 N–H and O–H groups in total. The molecule has 0 saturated heterocycles. The summed E-state index contributed by atoms with van der Waals surface area (Å²) in [5.41, 5.74) is 5.71. The number of benzene rings is 3. The second kappa shape index (κ2) is 10.7. The van der Waals surface area contributed by atoms with Crippen LogP contribution in [0, 0.1) is 0 Å². The lowest BCUT2D eigenvalue weighted by atomic mass is 9.84. The molecule has 0 saturated carbocycles. The molecule has 0 spiro atoms. The molecule has 206 valence electrons. The maximum atomic E-state index is 14.6. The molecule has 1 heterocycles.